The SMILES string of the molecule is COc1cc(OC)c2c(=O)c3cc(-c4ccccc4)c(-c4ccccc4)cc3oc2c1. The van der Waals surface area contributed by atoms with Gasteiger partial charge in [0.25, 0.3) is 0 Å². The molecule has 4 heteroatoms. The number of benzene rings is 4. The molecule has 0 radical (unpaired) electrons. The van der Waals surface area contributed by atoms with Gasteiger partial charge in [-0.05, 0) is 34.4 Å². The molecule has 1 heterocycles. The minimum absolute atomic E-state index is 0.132. The molecule has 0 amide bonds. The summed E-state index contributed by atoms with van der Waals surface area (Å²) < 4.78 is 17.0. The summed E-state index contributed by atoms with van der Waals surface area (Å²) in [5.74, 6) is 0.995. The second-order valence-electron chi connectivity index (χ2n) is 7.26. The van der Waals surface area contributed by atoms with Crippen molar-refractivity contribution in [3.63, 3.8) is 0 Å². The van der Waals surface area contributed by atoms with E-state index in [2.05, 4.69) is 12.1 Å². The van der Waals surface area contributed by atoms with Crippen LogP contribution in [0.15, 0.2) is 94.1 Å². The summed E-state index contributed by atoms with van der Waals surface area (Å²) >= 11 is 0. The highest BCUT2D eigenvalue weighted by molar-refractivity contribution is 5.99. The summed E-state index contributed by atoms with van der Waals surface area (Å²) in [6, 6.07) is 27.4. The van der Waals surface area contributed by atoms with E-state index >= 15 is 0 Å². The van der Waals surface area contributed by atoms with Gasteiger partial charge >= 0.3 is 0 Å². The number of hydrogen-bond donors (Lipinski definition) is 0. The molecule has 4 aromatic carbocycles. The fourth-order valence-corrected chi connectivity index (χ4v) is 3.96. The van der Waals surface area contributed by atoms with Gasteiger partial charge in [0.1, 0.15) is 28.1 Å². The Bertz CT molecular complexity index is 1450. The highest BCUT2D eigenvalue weighted by Gasteiger charge is 2.18. The Morgan fingerprint density at radius 3 is 1.87 bits per heavy atom. The maximum Gasteiger partial charge on any atom is 0.204 e. The van der Waals surface area contributed by atoms with Crippen LogP contribution in [0.1, 0.15) is 0 Å². The van der Waals surface area contributed by atoms with Crippen LogP contribution in [-0.2, 0) is 0 Å². The number of fused-ring (bicyclic) bond motifs is 2. The zero-order chi connectivity index (χ0) is 21.4. The molecule has 152 valence electrons. The number of rotatable bonds is 4. The zero-order valence-corrected chi connectivity index (χ0v) is 17.2. The molecule has 0 bridgehead atoms. The van der Waals surface area contributed by atoms with Crippen molar-refractivity contribution >= 4 is 21.9 Å². The average Bonchev–Trinajstić information content (AvgIpc) is 2.83. The van der Waals surface area contributed by atoms with Crippen LogP contribution in [0.4, 0.5) is 0 Å². The quantitative estimate of drug-likeness (QED) is 0.328. The number of hydrogen-bond acceptors (Lipinski definition) is 4. The maximum absolute atomic E-state index is 13.5. The Morgan fingerprint density at radius 1 is 0.677 bits per heavy atom. The van der Waals surface area contributed by atoms with E-state index < -0.39 is 0 Å². The molecule has 1 aromatic heterocycles. The minimum atomic E-state index is -0.132. The molecule has 0 aliphatic heterocycles. The molecule has 0 aliphatic rings. The van der Waals surface area contributed by atoms with Crippen LogP contribution in [0, 0.1) is 0 Å². The summed E-state index contributed by atoms with van der Waals surface area (Å²) in [7, 11) is 3.10. The summed E-state index contributed by atoms with van der Waals surface area (Å²) in [6.45, 7) is 0. The lowest BCUT2D eigenvalue weighted by Gasteiger charge is -2.13. The molecular weight excluding hydrogens is 388 g/mol. The van der Waals surface area contributed by atoms with E-state index in [0.29, 0.717) is 33.4 Å². The topological polar surface area (TPSA) is 48.7 Å². The van der Waals surface area contributed by atoms with Crippen molar-refractivity contribution in [2.75, 3.05) is 14.2 Å². The van der Waals surface area contributed by atoms with E-state index in [4.69, 9.17) is 13.9 Å². The fraction of sp³-hybridized carbons (Fsp3) is 0.0741. The minimum Gasteiger partial charge on any atom is -0.496 e. The predicted octanol–water partition coefficient (Wildman–Crippen LogP) is 6.30. The van der Waals surface area contributed by atoms with Gasteiger partial charge in [0, 0.05) is 12.1 Å². The van der Waals surface area contributed by atoms with Crippen molar-refractivity contribution in [3.05, 3.63) is 95.2 Å². The predicted molar refractivity (Wildman–Crippen MR) is 124 cm³/mol. The highest BCUT2D eigenvalue weighted by atomic mass is 16.5. The smallest absolute Gasteiger partial charge is 0.204 e. The molecule has 0 aliphatic carbocycles. The molecule has 0 spiro atoms. The first-order valence-corrected chi connectivity index (χ1v) is 9.97. The molecule has 5 aromatic rings. The third kappa shape index (κ3) is 3.22. The summed E-state index contributed by atoms with van der Waals surface area (Å²) in [5, 5.41) is 0.914. The molecule has 0 unspecified atom stereocenters. The van der Waals surface area contributed by atoms with Crippen LogP contribution < -0.4 is 14.9 Å². The van der Waals surface area contributed by atoms with Crippen LogP contribution in [0.25, 0.3) is 44.2 Å². The Hall–Kier alpha value is -4.05. The summed E-state index contributed by atoms with van der Waals surface area (Å²) in [4.78, 5) is 13.5. The molecular formula is C27H20O4. The summed E-state index contributed by atoms with van der Waals surface area (Å²) in [6.07, 6.45) is 0. The monoisotopic (exact) mass is 408 g/mol. The van der Waals surface area contributed by atoms with Crippen LogP contribution >= 0.6 is 0 Å². The van der Waals surface area contributed by atoms with Gasteiger partial charge in [-0.1, -0.05) is 60.7 Å². The Balaban J connectivity index is 1.90. The normalized spacial score (nSPS) is 11.0. The van der Waals surface area contributed by atoms with Gasteiger partial charge < -0.3 is 13.9 Å². The van der Waals surface area contributed by atoms with Gasteiger partial charge in [-0.2, -0.15) is 0 Å². The molecule has 0 saturated carbocycles. The molecule has 5 rings (SSSR count). The lowest BCUT2D eigenvalue weighted by molar-refractivity contribution is 0.396. The first kappa shape index (κ1) is 18.9. The van der Waals surface area contributed by atoms with E-state index in [1.54, 1.807) is 19.2 Å². The van der Waals surface area contributed by atoms with Gasteiger partial charge in [-0.15, -0.1) is 0 Å². The van der Waals surface area contributed by atoms with Crippen LogP contribution in [0.3, 0.4) is 0 Å². The Labute approximate surface area is 179 Å². The third-order valence-electron chi connectivity index (χ3n) is 5.48. The molecule has 0 saturated heterocycles. The molecule has 0 N–H and O–H groups in total. The average molecular weight is 408 g/mol. The molecule has 0 fully saturated rings. The van der Waals surface area contributed by atoms with E-state index in [9.17, 15) is 4.79 Å². The molecule has 31 heavy (non-hydrogen) atoms. The Kier molecular flexibility index (Phi) is 4.68. The first-order chi connectivity index (χ1) is 15.2. The lowest BCUT2D eigenvalue weighted by atomic mass is 9.92. The Morgan fingerprint density at radius 2 is 1.29 bits per heavy atom. The zero-order valence-electron chi connectivity index (χ0n) is 17.2. The lowest BCUT2D eigenvalue weighted by Crippen LogP contribution is -2.05. The van der Waals surface area contributed by atoms with E-state index in [-0.39, 0.29) is 5.43 Å². The van der Waals surface area contributed by atoms with E-state index in [1.807, 2.05) is 60.7 Å². The molecule has 4 nitrogen and oxygen atoms in total. The van der Waals surface area contributed by atoms with E-state index in [0.717, 1.165) is 22.3 Å². The van der Waals surface area contributed by atoms with Crippen LogP contribution in [-0.4, -0.2) is 14.2 Å². The fourth-order valence-electron chi connectivity index (χ4n) is 3.96. The maximum atomic E-state index is 13.5. The molecule has 0 atom stereocenters. The number of methoxy groups -OCH3 is 2. The van der Waals surface area contributed by atoms with Gasteiger partial charge in [-0.3, -0.25) is 4.79 Å². The van der Waals surface area contributed by atoms with Crippen molar-refractivity contribution in [2.45, 2.75) is 0 Å². The van der Waals surface area contributed by atoms with Gasteiger partial charge in [0.2, 0.25) is 5.43 Å². The van der Waals surface area contributed by atoms with Crippen molar-refractivity contribution < 1.29 is 13.9 Å². The van der Waals surface area contributed by atoms with Crippen molar-refractivity contribution in [1.82, 2.24) is 0 Å². The summed E-state index contributed by atoms with van der Waals surface area (Å²) in [5.41, 5.74) is 4.87. The first-order valence-electron chi connectivity index (χ1n) is 9.97. The van der Waals surface area contributed by atoms with Gasteiger partial charge in [0.15, 0.2) is 0 Å². The van der Waals surface area contributed by atoms with Crippen molar-refractivity contribution in [1.29, 1.82) is 0 Å². The van der Waals surface area contributed by atoms with Crippen molar-refractivity contribution in [3.8, 4) is 33.8 Å². The van der Waals surface area contributed by atoms with Crippen LogP contribution in [0.2, 0.25) is 0 Å². The van der Waals surface area contributed by atoms with Gasteiger partial charge in [0.05, 0.1) is 19.6 Å². The standard InChI is InChI=1S/C27H20O4/c1-29-19-13-24(30-2)26-25(14-19)31-23-16-21(18-11-7-4-8-12-18)20(15-22(23)27(26)28)17-9-5-3-6-10-17/h3-16H,1-2H3. The third-order valence-corrected chi connectivity index (χ3v) is 5.48. The second-order valence-corrected chi connectivity index (χ2v) is 7.26. The van der Waals surface area contributed by atoms with Crippen LogP contribution in [0.5, 0.6) is 11.5 Å². The van der Waals surface area contributed by atoms with Crippen molar-refractivity contribution in [2.24, 2.45) is 0 Å². The largest absolute Gasteiger partial charge is 0.496 e. The van der Waals surface area contributed by atoms with Gasteiger partial charge in [-0.25, -0.2) is 0 Å². The highest BCUT2D eigenvalue weighted by Crippen LogP contribution is 2.37. The van der Waals surface area contributed by atoms with E-state index in [1.165, 1.54) is 7.11 Å². The number of ether oxygens (including phenoxy) is 2. The second kappa shape index (κ2) is 7.65.